The smallest absolute Gasteiger partial charge is 0.308 e. The highest BCUT2D eigenvalue weighted by Crippen LogP contribution is 2.03. The fraction of sp³-hybridized carbons (Fsp3) is 0.600. The van der Waals surface area contributed by atoms with E-state index in [9.17, 15) is 9.90 Å². The Morgan fingerprint density at radius 1 is 1.75 bits per heavy atom. The summed E-state index contributed by atoms with van der Waals surface area (Å²) in [7, 11) is 0. The molecule has 16 heavy (non-hydrogen) atoms. The lowest BCUT2D eigenvalue weighted by molar-refractivity contribution is -0.145. The minimum atomic E-state index is -0.704. The molecule has 3 N–H and O–H groups in total. The van der Waals surface area contributed by atoms with Gasteiger partial charge < -0.3 is 15.6 Å². The molecule has 1 atom stereocenters. The minimum absolute atomic E-state index is 0.0184. The Labute approximate surface area is 94.0 Å². The minimum Gasteiger partial charge on any atom is -0.466 e. The molecule has 0 saturated carbocycles. The molecule has 1 aromatic rings. The van der Waals surface area contributed by atoms with E-state index >= 15 is 0 Å². The molecule has 0 spiro atoms. The van der Waals surface area contributed by atoms with Gasteiger partial charge in [-0.05, 0) is 19.4 Å². The number of nitrogens with two attached hydrogens (primary N) is 1. The first-order valence-corrected chi connectivity index (χ1v) is 5.24. The third-order valence-electron chi connectivity index (χ3n) is 2.06. The maximum atomic E-state index is 11.0. The summed E-state index contributed by atoms with van der Waals surface area (Å²) >= 11 is 0. The zero-order chi connectivity index (χ0) is 12.0. The summed E-state index contributed by atoms with van der Waals surface area (Å²) in [5, 5.41) is 13.5. The summed E-state index contributed by atoms with van der Waals surface area (Å²) in [6.45, 7) is 2.59. The molecule has 0 aromatic carbocycles. The third kappa shape index (κ3) is 4.31. The van der Waals surface area contributed by atoms with E-state index in [1.165, 1.54) is 0 Å². The van der Waals surface area contributed by atoms with Crippen molar-refractivity contribution in [1.29, 1.82) is 0 Å². The molecule has 0 aliphatic carbocycles. The van der Waals surface area contributed by atoms with Gasteiger partial charge in [-0.2, -0.15) is 5.10 Å². The maximum Gasteiger partial charge on any atom is 0.308 e. The number of aromatic nitrogens is 2. The van der Waals surface area contributed by atoms with Crippen molar-refractivity contribution in [2.24, 2.45) is 0 Å². The van der Waals surface area contributed by atoms with Gasteiger partial charge in [0.2, 0.25) is 0 Å². The number of aliphatic hydroxyl groups is 1. The number of aryl methyl sites for hydroxylation is 1. The van der Waals surface area contributed by atoms with Crippen LogP contribution in [0.4, 0.5) is 5.82 Å². The molecule has 1 aromatic heterocycles. The molecule has 0 aliphatic heterocycles. The molecular formula is C10H17N3O3. The van der Waals surface area contributed by atoms with Gasteiger partial charge >= 0.3 is 5.97 Å². The Bertz CT molecular complexity index is 338. The van der Waals surface area contributed by atoms with Gasteiger partial charge in [-0.3, -0.25) is 9.48 Å². The van der Waals surface area contributed by atoms with Crippen LogP contribution in [0.3, 0.4) is 0 Å². The van der Waals surface area contributed by atoms with E-state index in [-0.39, 0.29) is 12.4 Å². The molecule has 0 fully saturated rings. The predicted octanol–water partition coefficient (Wildman–Crippen LogP) is 0.170. The summed E-state index contributed by atoms with van der Waals surface area (Å²) in [6, 6.07) is 1.68. The largest absolute Gasteiger partial charge is 0.466 e. The van der Waals surface area contributed by atoms with E-state index in [1.807, 2.05) is 0 Å². The van der Waals surface area contributed by atoms with Crippen LogP contribution in [0, 0.1) is 0 Å². The highest BCUT2D eigenvalue weighted by atomic mass is 16.5. The zero-order valence-corrected chi connectivity index (χ0v) is 9.30. The number of hydrogen-bond donors (Lipinski definition) is 2. The topological polar surface area (TPSA) is 90.4 Å². The summed E-state index contributed by atoms with van der Waals surface area (Å²) in [5.41, 5.74) is 5.44. The number of rotatable bonds is 6. The van der Waals surface area contributed by atoms with Crippen molar-refractivity contribution in [1.82, 2.24) is 9.78 Å². The zero-order valence-electron chi connectivity index (χ0n) is 9.30. The highest BCUT2D eigenvalue weighted by molar-refractivity contribution is 5.69. The van der Waals surface area contributed by atoms with Gasteiger partial charge in [0.15, 0.2) is 0 Å². The number of aliphatic hydroxyl groups excluding tert-OH is 1. The van der Waals surface area contributed by atoms with Crippen LogP contribution in [0.15, 0.2) is 12.3 Å². The van der Waals surface area contributed by atoms with Gasteiger partial charge in [0.1, 0.15) is 5.82 Å². The lowest BCUT2D eigenvalue weighted by Gasteiger charge is -2.09. The molecule has 6 heteroatoms. The maximum absolute atomic E-state index is 11.0. The predicted molar refractivity (Wildman–Crippen MR) is 58.5 cm³/mol. The molecule has 6 nitrogen and oxygen atoms in total. The van der Waals surface area contributed by atoms with Crippen LogP contribution in [0.1, 0.15) is 19.8 Å². The van der Waals surface area contributed by atoms with Crippen molar-refractivity contribution >= 4 is 11.8 Å². The van der Waals surface area contributed by atoms with E-state index < -0.39 is 6.10 Å². The molecule has 1 rings (SSSR count). The Hall–Kier alpha value is -1.56. The quantitative estimate of drug-likeness (QED) is 0.676. The first kappa shape index (κ1) is 12.5. The van der Waals surface area contributed by atoms with E-state index in [4.69, 9.17) is 10.5 Å². The molecular weight excluding hydrogens is 210 g/mol. The SMILES string of the molecule is CCOC(=O)CC(O)CCn1ccc(N)n1. The van der Waals surface area contributed by atoms with E-state index in [0.717, 1.165) is 0 Å². The van der Waals surface area contributed by atoms with Crippen LogP contribution in [-0.4, -0.2) is 33.6 Å². The first-order valence-electron chi connectivity index (χ1n) is 5.24. The fourth-order valence-electron chi connectivity index (χ4n) is 1.30. The molecule has 0 bridgehead atoms. The van der Waals surface area contributed by atoms with Crippen molar-refractivity contribution < 1.29 is 14.6 Å². The standard InChI is InChI=1S/C10H17N3O3/c1-2-16-10(15)7-8(14)3-5-13-6-4-9(11)12-13/h4,6,8,14H,2-3,5,7H2,1H3,(H2,11,12). The van der Waals surface area contributed by atoms with Crippen LogP contribution in [-0.2, 0) is 16.1 Å². The normalized spacial score (nSPS) is 12.4. The highest BCUT2D eigenvalue weighted by Gasteiger charge is 2.11. The second-order valence-electron chi connectivity index (χ2n) is 3.46. The third-order valence-corrected chi connectivity index (χ3v) is 2.06. The van der Waals surface area contributed by atoms with Crippen molar-refractivity contribution in [2.75, 3.05) is 12.3 Å². The molecule has 1 unspecified atom stereocenters. The molecule has 0 amide bonds. The van der Waals surface area contributed by atoms with Gasteiger partial charge in [0, 0.05) is 12.7 Å². The van der Waals surface area contributed by atoms with Crippen molar-refractivity contribution in [3.63, 3.8) is 0 Å². The number of hydrogen-bond acceptors (Lipinski definition) is 5. The van der Waals surface area contributed by atoms with Crippen LogP contribution < -0.4 is 5.73 Å². The van der Waals surface area contributed by atoms with Crippen LogP contribution in [0.25, 0.3) is 0 Å². The summed E-state index contributed by atoms with van der Waals surface area (Å²) in [5.74, 6) is 0.0647. The van der Waals surface area contributed by atoms with E-state index in [0.29, 0.717) is 25.4 Å². The molecule has 1 heterocycles. The number of ether oxygens (including phenoxy) is 1. The monoisotopic (exact) mass is 227 g/mol. The Kier molecular flexibility index (Phi) is 4.78. The molecule has 0 radical (unpaired) electrons. The number of esters is 1. The lowest BCUT2D eigenvalue weighted by Crippen LogP contribution is -2.18. The summed E-state index contributed by atoms with van der Waals surface area (Å²) in [4.78, 5) is 11.0. The number of carbonyl (C=O) groups excluding carboxylic acids is 1. The Morgan fingerprint density at radius 3 is 3.06 bits per heavy atom. The van der Waals surface area contributed by atoms with Crippen LogP contribution in [0.5, 0.6) is 0 Å². The Morgan fingerprint density at radius 2 is 2.50 bits per heavy atom. The molecule has 0 aliphatic rings. The Balaban J connectivity index is 2.24. The molecule has 0 saturated heterocycles. The fourth-order valence-corrected chi connectivity index (χ4v) is 1.30. The number of anilines is 1. The van der Waals surface area contributed by atoms with Crippen molar-refractivity contribution in [3.05, 3.63) is 12.3 Å². The lowest BCUT2D eigenvalue weighted by atomic mass is 10.2. The number of nitrogen functional groups attached to an aromatic ring is 1. The average Bonchev–Trinajstić information content (AvgIpc) is 2.61. The number of nitrogens with zero attached hydrogens (tertiary/aromatic N) is 2. The van der Waals surface area contributed by atoms with Gasteiger partial charge in [0.05, 0.1) is 19.1 Å². The van der Waals surface area contributed by atoms with Gasteiger partial charge in [-0.1, -0.05) is 0 Å². The van der Waals surface area contributed by atoms with E-state index in [1.54, 1.807) is 23.9 Å². The van der Waals surface area contributed by atoms with Gasteiger partial charge in [0.25, 0.3) is 0 Å². The van der Waals surface area contributed by atoms with Gasteiger partial charge in [-0.25, -0.2) is 0 Å². The molecule has 90 valence electrons. The van der Waals surface area contributed by atoms with Crippen molar-refractivity contribution in [2.45, 2.75) is 32.4 Å². The van der Waals surface area contributed by atoms with Gasteiger partial charge in [-0.15, -0.1) is 0 Å². The van der Waals surface area contributed by atoms with E-state index in [2.05, 4.69) is 5.10 Å². The second-order valence-corrected chi connectivity index (χ2v) is 3.46. The first-order chi connectivity index (χ1) is 7.61. The van der Waals surface area contributed by atoms with Crippen LogP contribution >= 0.6 is 0 Å². The summed E-state index contributed by atoms with van der Waals surface area (Å²) in [6.07, 6.45) is 1.49. The van der Waals surface area contributed by atoms with Crippen LogP contribution in [0.2, 0.25) is 0 Å². The second kappa shape index (κ2) is 6.12. The average molecular weight is 227 g/mol. The number of carbonyl (C=O) groups is 1. The summed E-state index contributed by atoms with van der Waals surface area (Å²) < 4.78 is 6.36. The van der Waals surface area contributed by atoms with Crippen molar-refractivity contribution in [3.8, 4) is 0 Å².